The normalized spacial score (nSPS) is 19.8. The lowest BCUT2D eigenvalue weighted by atomic mass is 9.93. The second-order valence-electron chi connectivity index (χ2n) is 6.37. The molecule has 5 heteroatoms. The molecule has 1 aliphatic heterocycles. The van der Waals surface area contributed by atoms with E-state index in [0.717, 1.165) is 17.7 Å². The van der Waals surface area contributed by atoms with Crippen LogP contribution in [0.3, 0.4) is 0 Å². The van der Waals surface area contributed by atoms with E-state index in [1.807, 2.05) is 60.7 Å². The van der Waals surface area contributed by atoms with Crippen LogP contribution < -0.4 is 10.1 Å². The zero-order chi connectivity index (χ0) is 17.7. The monoisotopic (exact) mass is 338 g/mol. The smallest absolute Gasteiger partial charge is 0.325 e. The topological polar surface area (TPSA) is 58.6 Å². The molecule has 1 atom stereocenters. The first kappa shape index (κ1) is 17.0. The maximum atomic E-state index is 12.7. The maximum absolute atomic E-state index is 12.7. The average molecular weight is 338 g/mol. The number of aryl methyl sites for hydroxylation is 1. The fraction of sp³-hybridized carbons (Fsp3) is 0.300. The van der Waals surface area contributed by atoms with Gasteiger partial charge in [-0.2, -0.15) is 0 Å². The van der Waals surface area contributed by atoms with E-state index in [9.17, 15) is 9.59 Å². The molecule has 2 aromatic rings. The molecule has 1 heterocycles. The molecular formula is C20H22N2O3. The van der Waals surface area contributed by atoms with Crippen molar-refractivity contribution >= 4 is 11.9 Å². The van der Waals surface area contributed by atoms with E-state index in [2.05, 4.69) is 5.32 Å². The number of carbonyl (C=O) groups is 2. The van der Waals surface area contributed by atoms with Gasteiger partial charge < -0.3 is 10.1 Å². The van der Waals surface area contributed by atoms with Crippen LogP contribution in [0.4, 0.5) is 4.79 Å². The minimum absolute atomic E-state index is 0.190. The number of ether oxygens (including phenoxy) is 1. The van der Waals surface area contributed by atoms with Crippen molar-refractivity contribution in [3.63, 3.8) is 0 Å². The highest BCUT2D eigenvalue weighted by atomic mass is 16.5. The number of amides is 3. The lowest BCUT2D eigenvalue weighted by molar-refractivity contribution is -0.131. The third-order valence-corrected chi connectivity index (χ3v) is 4.43. The minimum Gasteiger partial charge on any atom is -0.492 e. The molecule has 1 N–H and O–H groups in total. The first-order chi connectivity index (χ1) is 12.1. The Hall–Kier alpha value is -2.82. The Morgan fingerprint density at radius 2 is 1.64 bits per heavy atom. The quantitative estimate of drug-likeness (QED) is 0.790. The summed E-state index contributed by atoms with van der Waals surface area (Å²) in [5, 5.41) is 2.83. The van der Waals surface area contributed by atoms with Gasteiger partial charge in [-0.05, 0) is 37.5 Å². The van der Waals surface area contributed by atoms with Crippen LogP contribution in [0.2, 0.25) is 0 Å². The van der Waals surface area contributed by atoms with Crippen molar-refractivity contribution in [3.05, 3.63) is 66.2 Å². The summed E-state index contributed by atoms with van der Waals surface area (Å²) < 4.78 is 5.59. The van der Waals surface area contributed by atoms with E-state index >= 15 is 0 Å². The Morgan fingerprint density at radius 1 is 1.00 bits per heavy atom. The van der Waals surface area contributed by atoms with Gasteiger partial charge in [0.05, 0.1) is 6.54 Å². The largest absolute Gasteiger partial charge is 0.492 e. The highest BCUT2D eigenvalue weighted by Gasteiger charge is 2.47. The number of imide groups is 1. The standard InChI is InChI=1S/C20H22N2O3/c1-20(13-12-16-8-4-2-5-9-16)18(23)22(19(24)21-20)14-15-25-17-10-6-3-7-11-17/h2-11H,12-15H2,1H3,(H,21,24)/t20-/m0/s1. The van der Waals surface area contributed by atoms with Gasteiger partial charge in [0.25, 0.3) is 5.91 Å². The molecule has 3 rings (SSSR count). The molecule has 1 aliphatic rings. The predicted molar refractivity (Wildman–Crippen MR) is 95.3 cm³/mol. The molecule has 1 saturated heterocycles. The van der Waals surface area contributed by atoms with Crippen LogP contribution in [0.15, 0.2) is 60.7 Å². The Balaban J connectivity index is 1.55. The van der Waals surface area contributed by atoms with Crippen molar-refractivity contribution < 1.29 is 14.3 Å². The molecule has 0 saturated carbocycles. The number of carbonyl (C=O) groups excluding carboxylic acids is 2. The predicted octanol–water partition coefficient (Wildman–Crippen LogP) is 3.01. The summed E-state index contributed by atoms with van der Waals surface area (Å²) in [6.07, 6.45) is 1.30. The molecule has 0 aromatic heterocycles. The maximum Gasteiger partial charge on any atom is 0.325 e. The summed E-state index contributed by atoms with van der Waals surface area (Å²) >= 11 is 0. The molecule has 25 heavy (non-hydrogen) atoms. The van der Waals surface area contributed by atoms with E-state index in [0.29, 0.717) is 6.42 Å². The Bertz CT molecular complexity index is 733. The van der Waals surface area contributed by atoms with E-state index in [4.69, 9.17) is 4.74 Å². The molecule has 0 radical (unpaired) electrons. The number of hydrogen-bond donors (Lipinski definition) is 1. The van der Waals surface area contributed by atoms with Crippen LogP contribution in [0, 0.1) is 0 Å². The van der Waals surface area contributed by atoms with Crippen LogP contribution in [-0.2, 0) is 11.2 Å². The van der Waals surface area contributed by atoms with Gasteiger partial charge in [-0.15, -0.1) is 0 Å². The van der Waals surface area contributed by atoms with Crippen molar-refractivity contribution in [2.24, 2.45) is 0 Å². The number of nitrogens with one attached hydrogen (secondary N) is 1. The molecule has 0 bridgehead atoms. The number of nitrogens with zero attached hydrogens (tertiary/aromatic N) is 1. The number of urea groups is 1. The van der Waals surface area contributed by atoms with Gasteiger partial charge in [-0.1, -0.05) is 48.5 Å². The molecule has 0 unspecified atom stereocenters. The van der Waals surface area contributed by atoms with E-state index in [-0.39, 0.29) is 25.1 Å². The number of para-hydroxylation sites is 1. The van der Waals surface area contributed by atoms with Crippen molar-refractivity contribution in [2.75, 3.05) is 13.2 Å². The summed E-state index contributed by atoms with van der Waals surface area (Å²) in [4.78, 5) is 26.1. The van der Waals surface area contributed by atoms with Crippen LogP contribution in [0.25, 0.3) is 0 Å². The molecule has 5 nitrogen and oxygen atoms in total. The summed E-state index contributed by atoms with van der Waals surface area (Å²) in [5.74, 6) is 0.534. The molecule has 130 valence electrons. The highest BCUT2D eigenvalue weighted by molar-refractivity contribution is 6.06. The lowest BCUT2D eigenvalue weighted by Gasteiger charge is -2.21. The first-order valence-corrected chi connectivity index (χ1v) is 8.44. The molecule has 1 fully saturated rings. The summed E-state index contributed by atoms with van der Waals surface area (Å²) in [7, 11) is 0. The minimum atomic E-state index is -0.861. The average Bonchev–Trinajstić information content (AvgIpc) is 2.85. The van der Waals surface area contributed by atoms with E-state index in [1.165, 1.54) is 4.90 Å². The van der Waals surface area contributed by atoms with Crippen molar-refractivity contribution in [3.8, 4) is 5.75 Å². The summed E-state index contributed by atoms with van der Waals surface area (Å²) in [5.41, 5.74) is 0.288. The van der Waals surface area contributed by atoms with Gasteiger partial charge in [0.2, 0.25) is 0 Å². The van der Waals surface area contributed by atoms with Crippen molar-refractivity contribution in [1.82, 2.24) is 10.2 Å². The van der Waals surface area contributed by atoms with Crippen molar-refractivity contribution in [1.29, 1.82) is 0 Å². The van der Waals surface area contributed by atoms with E-state index < -0.39 is 5.54 Å². The van der Waals surface area contributed by atoms with Gasteiger partial charge >= 0.3 is 6.03 Å². The van der Waals surface area contributed by atoms with Gasteiger partial charge in [0.15, 0.2) is 0 Å². The highest BCUT2D eigenvalue weighted by Crippen LogP contribution is 2.23. The van der Waals surface area contributed by atoms with Crippen LogP contribution in [-0.4, -0.2) is 35.5 Å². The number of rotatable bonds is 7. The molecule has 0 spiro atoms. The molecule has 2 aromatic carbocycles. The van der Waals surface area contributed by atoms with Gasteiger partial charge in [0, 0.05) is 0 Å². The SMILES string of the molecule is C[C@@]1(CCc2ccccc2)NC(=O)N(CCOc2ccccc2)C1=O. The van der Waals surface area contributed by atoms with Gasteiger partial charge in [-0.25, -0.2) is 4.79 Å². The van der Waals surface area contributed by atoms with Gasteiger partial charge in [0.1, 0.15) is 17.9 Å². The lowest BCUT2D eigenvalue weighted by Crippen LogP contribution is -2.44. The Kier molecular flexibility index (Phi) is 5.03. The van der Waals surface area contributed by atoms with Gasteiger partial charge in [-0.3, -0.25) is 9.69 Å². The third-order valence-electron chi connectivity index (χ3n) is 4.43. The summed E-state index contributed by atoms with van der Waals surface area (Å²) in [6, 6.07) is 19.0. The molecule has 0 aliphatic carbocycles. The van der Waals surface area contributed by atoms with Crippen LogP contribution >= 0.6 is 0 Å². The Labute approximate surface area is 147 Å². The summed E-state index contributed by atoms with van der Waals surface area (Å²) in [6.45, 7) is 2.30. The van der Waals surface area contributed by atoms with E-state index in [1.54, 1.807) is 6.92 Å². The third kappa shape index (κ3) is 3.99. The fourth-order valence-electron chi connectivity index (χ4n) is 2.93. The zero-order valence-electron chi connectivity index (χ0n) is 14.3. The number of benzene rings is 2. The molecular weight excluding hydrogens is 316 g/mol. The second-order valence-corrected chi connectivity index (χ2v) is 6.37. The fourth-order valence-corrected chi connectivity index (χ4v) is 2.93. The second kappa shape index (κ2) is 7.38. The first-order valence-electron chi connectivity index (χ1n) is 8.44. The van der Waals surface area contributed by atoms with Crippen molar-refractivity contribution in [2.45, 2.75) is 25.3 Å². The molecule has 3 amide bonds. The van der Waals surface area contributed by atoms with Crippen LogP contribution in [0.5, 0.6) is 5.75 Å². The van der Waals surface area contributed by atoms with Crippen LogP contribution in [0.1, 0.15) is 18.9 Å². The Morgan fingerprint density at radius 3 is 2.32 bits per heavy atom. The zero-order valence-corrected chi connectivity index (χ0v) is 14.3. The number of hydrogen-bond acceptors (Lipinski definition) is 3.